The zero-order valence-electron chi connectivity index (χ0n) is 22.6. The first kappa shape index (κ1) is 26.3. The van der Waals surface area contributed by atoms with Gasteiger partial charge in [0.25, 0.3) is 0 Å². The Morgan fingerprint density at radius 2 is 1.60 bits per heavy atom. The van der Waals surface area contributed by atoms with Gasteiger partial charge in [0.1, 0.15) is 0 Å². The van der Waals surface area contributed by atoms with E-state index in [0.717, 1.165) is 12.0 Å². The number of imide groups is 1. The number of carbonyl (C=O) groups is 4. The maximum absolute atomic E-state index is 13.3. The number of ether oxygens (including phenoxy) is 1. The molecule has 1 saturated heterocycles. The molecule has 1 aliphatic heterocycles. The number of Topliss-reactive ketones (excluding diaryl/α,β-unsaturated/α-hetero) is 1. The fraction of sp³-hybridized carbons (Fsp3) is 0.206. The van der Waals surface area contributed by atoms with Crippen LogP contribution in [0.15, 0.2) is 84.9 Å². The molecule has 0 N–H and O–H groups in total. The van der Waals surface area contributed by atoms with Crippen LogP contribution >= 0.6 is 11.6 Å². The fourth-order valence-electron chi connectivity index (χ4n) is 6.50. The normalized spacial score (nSPS) is 22.2. The number of hydrogen-bond acceptors (Lipinski definition) is 6. The average Bonchev–Trinajstić information content (AvgIpc) is 3.69. The molecule has 2 aliphatic carbocycles. The van der Waals surface area contributed by atoms with E-state index in [1.807, 2.05) is 19.1 Å². The topological polar surface area (TPSA) is 93.6 Å². The van der Waals surface area contributed by atoms with Crippen molar-refractivity contribution >= 4 is 51.8 Å². The number of aryl methyl sites for hydroxylation is 1. The third-order valence-electron chi connectivity index (χ3n) is 8.61. The molecule has 2 bridgehead atoms. The summed E-state index contributed by atoms with van der Waals surface area (Å²) in [5.41, 5.74) is 3.74. The Morgan fingerprint density at radius 1 is 0.929 bits per heavy atom. The van der Waals surface area contributed by atoms with Gasteiger partial charge in [-0.3, -0.25) is 19.3 Å². The van der Waals surface area contributed by atoms with Crippen molar-refractivity contribution in [2.24, 2.45) is 23.7 Å². The molecule has 42 heavy (non-hydrogen) atoms. The summed E-state index contributed by atoms with van der Waals surface area (Å²) < 4.78 is 5.44. The highest BCUT2D eigenvalue weighted by Gasteiger charge is 2.59. The summed E-state index contributed by atoms with van der Waals surface area (Å²) >= 11 is 6.48. The summed E-state index contributed by atoms with van der Waals surface area (Å²) in [4.78, 5) is 58.4. The second-order valence-electron chi connectivity index (χ2n) is 11.1. The highest BCUT2D eigenvalue weighted by Crippen LogP contribution is 2.53. The van der Waals surface area contributed by atoms with Crippen molar-refractivity contribution in [3.05, 3.63) is 107 Å². The summed E-state index contributed by atoms with van der Waals surface area (Å²) in [6.45, 7) is 1.52. The van der Waals surface area contributed by atoms with Gasteiger partial charge in [-0.05, 0) is 49.4 Å². The summed E-state index contributed by atoms with van der Waals surface area (Å²) in [5, 5.41) is 0.859. The first-order chi connectivity index (χ1) is 20.3. The van der Waals surface area contributed by atoms with Crippen molar-refractivity contribution in [1.29, 1.82) is 0 Å². The van der Waals surface area contributed by atoms with Gasteiger partial charge in [0.05, 0.1) is 39.3 Å². The van der Waals surface area contributed by atoms with Crippen LogP contribution in [-0.4, -0.2) is 35.2 Å². The van der Waals surface area contributed by atoms with Gasteiger partial charge in [-0.15, -0.1) is 0 Å². The van der Waals surface area contributed by atoms with Crippen molar-refractivity contribution in [2.75, 3.05) is 11.5 Å². The highest BCUT2D eigenvalue weighted by atomic mass is 35.5. The van der Waals surface area contributed by atoms with Crippen LogP contribution < -0.4 is 4.90 Å². The number of fused-ring (bicyclic) bond motifs is 6. The van der Waals surface area contributed by atoms with E-state index >= 15 is 0 Å². The van der Waals surface area contributed by atoms with E-state index in [1.165, 1.54) is 4.90 Å². The van der Waals surface area contributed by atoms with Crippen molar-refractivity contribution in [3.8, 4) is 11.3 Å². The van der Waals surface area contributed by atoms with Gasteiger partial charge in [-0.2, -0.15) is 0 Å². The Kier molecular flexibility index (Phi) is 6.28. The van der Waals surface area contributed by atoms with E-state index in [2.05, 4.69) is 12.2 Å². The summed E-state index contributed by atoms with van der Waals surface area (Å²) in [5.74, 6) is -1.55. The van der Waals surface area contributed by atoms with Gasteiger partial charge in [0, 0.05) is 16.5 Å². The number of halogens is 1. The monoisotopic (exact) mass is 576 g/mol. The molecule has 208 valence electrons. The van der Waals surface area contributed by atoms with Crippen molar-refractivity contribution in [2.45, 2.75) is 13.3 Å². The van der Waals surface area contributed by atoms with Crippen LogP contribution in [0.4, 0.5) is 5.69 Å². The predicted molar refractivity (Wildman–Crippen MR) is 158 cm³/mol. The number of para-hydroxylation sites is 1. The van der Waals surface area contributed by atoms with Crippen LogP contribution in [0.25, 0.3) is 22.2 Å². The Bertz CT molecular complexity index is 1800. The Labute approximate surface area is 246 Å². The summed E-state index contributed by atoms with van der Waals surface area (Å²) in [6, 6.07) is 20.7. The largest absolute Gasteiger partial charge is 0.454 e. The zero-order chi connectivity index (χ0) is 29.1. The zero-order valence-corrected chi connectivity index (χ0v) is 23.4. The summed E-state index contributed by atoms with van der Waals surface area (Å²) in [7, 11) is 0. The molecule has 3 aromatic carbocycles. The first-order valence-electron chi connectivity index (χ1n) is 13.8. The highest BCUT2D eigenvalue weighted by molar-refractivity contribution is 6.35. The van der Waals surface area contributed by atoms with Gasteiger partial charge in [-0.25, -0.2) is 9.78 Å². The molecule has 0 radical (unpaired) electrons. The number of esters is 1. The van der Waals surface area contributed by atoms with Gasteiger partial charge in [-0.1, -0.05) is 77.8 Å². The molecule has 1 saturated carbocycles. The number of aromatic nitrogens is 1. The van der Waals surface area contributed by atoms with Gasteiger partial charge >= 0.3 is 5.97 Å². The summed E-state index contributed by atoms with van der Waals surface area (Å²) in [6.07, 6.45) is 5.02. The van der Waals surface area contributed by atoms with Gasteiger partial charge < -0.3 is 4.74 Å². The van der Waals surface area contributed by atoms with Crippen LogP contribution in [-0.2, 0) is 14.3 Å². The Balaban J connectivity index is 1.17. The fourth-order valence-corrected chi connectivity index (χ4v) is 6.72. The number of nitrogens with zero attached hydrogens (tertiary/aromatic N) is 2. The second kappa shape index (κ2) is 10.0. The van der Waals surface area contributed by atoms with Crippen LogP contribution in [0.2, 0.25) is 5.02 Å². The third kappa shape index (κ3) is 4.23. The molecular weight excluding hydrogens is 552 g/mol. The lowest BCUT2D eigenvalue weighted by atomic mass is 9.85. The molecular formula is C34H25ClN2O5. The molecule has 3 aliphatic rings. The molecule has 1 aromatic heterocycles. The van der Waals surface area contributed by atoms with Crippen LogP contribution in [0, 0.1) is 30.6 Å². The SMILES string of the molecule is Cc1ccc(C(=O)COC(=O)c2cc(-c3ccc(N4C(=O)C5C6C=CC(C6)C5C4=O)cc3)nc3c(Cl)cccc23)cc1. The van der Waals surface area contributed by atoms with E-state index in [0.29, 0.717) is 38.4 Å². The standard InChI is InChI=1S/C34H25ClN2O5/c1-18-5-7-20(8-6-18)28(38)17-42-34(41)25-16-27(36-31-24(25)3-2-4-26(31)35)19-11-13-23(14-12-19)37-32(39)29-21-9-10-22(15-21)30(29)33(37)40/h2-14,16,21-22,29-30H,15,17H2,1H3. The molecule has 2 heterocycles. The predicted octanol–water partition coefficient (Wildman–Crippen LogP) is 6.21. The number of anilines is 1. The third-order valence-corrected chi connectivity index (χ3v) is 8.91. The molecule has 7 nitrogen and oxygen atoms in total. The van der Waals surface area contributed by atoms with E-state index in [9.17, 15) is 19.2 Å². The van der Waals surface area contributed by atoms with Crippen LogP contribution in [0.1, 0.15) is 32.7 Å². The molecule has 4 atom stereocenters. The number of carbonyl (C=O) groups excluding carboxylic acids is 4. The molecule has 7 rings (SSSR count). The Hall–Kier alpha value is -4.62. The molecule has 8 heteroatoms. The number of hydrogen-bond donors (Lipinski definition) is 0. The molecule has 4 aromatic rings. The minimum atomic E-state index is -0.675. The van der Waals surface area contributed by atoms with Crippen LogP contribution in [0.3, 0.4) is 0 Å². The minimum Gasteiger partial charge on any atom is -0.454 e. The smallest absolute Gasteiger partial charge is 0.339 e. The number of amides is 2. The first-order valence-corrected chi connectivity index (χ1v) is 14.2. The number of pyridine rings is 1. The van der Waals surface area contributed by atoms with Crippen molar-refractivity contribution in [1.82, 2.24) is 4.98 Å². The molecule has 4 unspecified atom stereocenters. The number of ketones is 1. The van der Waals surface area contributed by atoms with E-state index < -0.39 is 12.6 Å². The maximum Gasteiger partial charge on any atom is 0.339 e. The van der Waals surface area contributed by atoms with Crippen molar-refractivity contribution < 1.29 is 23.9 Å². The Morgan fingerprint density at radius 3 is 2.26 bits per heavy atom. The van der Waals surface area contributed by atoms with E-state index in [1.54, 1.807) is 60.7 Å². The number of benzene rings is 3. The molecule has 0 spiro atoms. The quantitative estimate of drug-likeness (QED) is 0.117. The number of rotatable bonds is 6. The number of allylic oxidation sites excluding steroid dienone is 2. The lowest BCUT2D eigenvalue weighted by Crippen LogP contribution is -2.32. The lowest BCUT2D eigenvalue weighted by molar-refractivity contribution is -0.123. The average molecular weight is 577 g/mol. The van der Waals surface area contributed by atoms with E-state index in [4.69, 9.17) is 21.3 Å². The van der Waals surface area contributed by atoms with Gasteiger partial charge in [0.15, 0.2) is 12.4 Å². The molecule has 2 amide bonds. The van der Waals surface area contributed by atoms with Crippen molar-refractivity contribution in [3.63, 3.8) is 0 Å². The van der Waals surface area contributed by atoms with Gasteiger partial charge in [0.2, 0.25) is 11.8 Å². The lowest BCUT2D eigenvalue weighted by Gasteiger charge is -2.18. The minimum absolute atomic E-state index is 0.137. The molecule has 2 fully saturated rings. The maximum atomic E-state index is 13.3. The second-order valence-corrected chi connectivity index (χ2v) is 11.5. The van der Waals surface area contributed by atoms with E-state index in [-0.39, 0.29) is 46.8 Å². The van der Waals surface area contributed by atoms with Crippen LogP contribution in [0.5, 0.6) is 0 Å².